The monoisotopic (exact) mass is 280 g/mol. The first-order valence-electron chi connectivity index (χ1n) is 6.55. The number of anilines is 1. The van der Waals surface area contributed by atoms with Crippen molar-refractivity contribution in [2.75, 3.05) is 23.4 Å². The van der Waals surface area contributed by atoms with E-state index >= 15 is 0 Å². The first-order valence-corrected chi connectivity index (χ1v) is 7.71. The van der Waals surface area contributed by atoms with Gasteiger partial charge in [0, 0.05) is 18.3 Å². The number of benzene rings is 1. The summed E-state index contributed by atoms with van der Waals surface area (Å²) < 4.78 is 5.33. The molecule has 0 spiro atoms. The third-order valence-electron chi connectivity index (χ3n) is 2.90. The quantitative estimate of drug-likeness (QED) is 0.839. The van der Waals surface area contributed by atoms with Crippen LogP contribution in [0.15, 0.2) is 18.2 Å². The number of thioether (sulfide) groups is 1. The third-order valence-corrected chi connectivity index (χ3v) is 4.05. The zero-order valence-corrected chi connectivity index (χ0v) is 12.2. The highest BCUT2D eigenvalue weighted by molar-refractivity contribution is 7.99. The number of hydrogen-bond acceptors (Lipinski definition) is 4. The minimum Gasteiger partial charge on any atom is -0.482 e. The van der Waals surface area contributed by atoms with Gasteiger partial charge in [0.25, 0.3) is 5.91 Å². The molecule has 104 valence electrons. The third kappa shape index (κ3) is 4.14. The van der Waals surface area contributed by atoms with Crippen molar-refractivity contribution in [1.29, 1.82) is 0 Å². The molecule has 0 radical (unpaired) electrons. The Morgan fingerprint density at radius 1 is 1.53 bits per heavy atom. The standard InChI is InChI=1S/C14H20N2O2S/c1-3-19-9-10(2)15-7-11-4-5-13-12(6-11)16-14(17)8-18-13/h4-6,10,15H,3,7-9H2,1-2H3,(H,16,17). The van der Waals surface area contributed by atoms with E-state index in [1.807, 2.05) is 30.0 Å². The Morgan fingerprint density at radius 2 is 2.37 bits per heavy atom. The summed E-state index contributed by atoms with van der Waals surface area (Å²) >= 11 is 1.93. The van der Waals surface area contributed by atoms with Gasteiger partial charge in [0.2, 0.25) is 0 Å². The lowest BCUT2D eigenvalue weighted by Gasteiger charge is -2.19. The van der Waals surface area contributed by atoms with Gasteiger partial charge in [-0.15, -0.1) is 0 Å². The van der Waals surface area contributed by atoms with E-state index in [9.17, 15) is 4.79 Å². The maximum Gasteiger partial charge on any atom is 0.262 e. The fraction of sp³-hybridized carbons (Fsp3) is 0.500. The molecule has 0 aliphatic carbocycles. The molecule has 0 saturated carbocycles. The van der Waals surface area contributed by atoms with Crippen LogP contribution in [0.25, 0.3) is 0 Å². The van der Waals surface area contributed by atoms with Crippen molar-refractivity contribution < 1.29 is 9.53 Å². The molecule has 5 heteroatoms. The maximum absolute atomic E-state index is 11.3. The highest BCUT2D eigenvalue weighted by atomic mass is 32.2. The number of hydrogen-bond donors (Lipinski definition) is 2. The van der Waals surface area contributed by atoms with Crippen molar-refractivity contribution in [3.63, 3.8) is 0 Å². The van der Waals surface area contributed by atoms with Crippen LogP contribution in [0.2, 0.25) is 0 Å². The lowest BCUT2D eigenvalue weighted by molar-refractivity contribution is -0.118. The topological polar surface area (TPSA) is 50.4 Å². The summed E-state index contributed by atoms with van der Waals surface area (Å²) in [6.45, 7) is 5.26. The molecule has 0 aromatic heterocycles. The SMILES string of the molecule is CCSCC(C)NCc1ccc2c(c1)NC(=O)CO2. The molecule has 1 aromatic carbocycles. The Bertz CT molecular complexity index is 451. The van der Waals surface area contributed by atoms with Crippen LogP contribution in [-0.4, -0.2) is 30.1 Å². The van der Waals surface area contributed by atoms with E-state index in [0.29, 0.717) is 6.04 Å². The molecule has 19 heavy (non-hydrogen) atoms. The van der Waals surface area contributed by atoms with Crippen LogP contribution in [0.4, 0.5) is 5.69 Å². The molecule has 1 heterocycles. The van der Waals surface area contributed by atoms with Gasteiger partial charge in [-0.25, -0.2) is 0 Å². The first kappa shape index (κ1) is 14.2. The lowest BCUT2D eigenvalue weighted by atomic mass is 10.1. The summed E-state index contributed by atoms with van der Waals surface area (Å²) in [7, 11) is 0. The molecular formula is C14H20N2O2S. The Labute approximate surface area is 118 Å². The number of amides is 1. The van der Waals surface area contributed by atoms with Gasteiger partial charge in [0.05, 0.1) is 5.69 Å². The summed E-state index contributed by atoms with van der Waals surface area (Å²) in [6.07, 6.45) is 0. The predicted molar refractivity (Wildman–Crippen MR) is 79.9 cm³/mol. The van der Waals surface area contributed by atoms with Gasteiger partial charge in [-0.3, -0.25) is 4.79 Å². The minimum atomic E-state index is -0.0923. The number of carbonyl (C=O) groups excluding carboxylic acids is 1. The van der Waals surface area contributed by atoms with E-state index in [4.69, 9.17) is 4.74 Å². The van der Waals surface area contributed by atoms with Gasteiger partial charge in [0.1, 0.15) is 5.75 Å². The molecule has 2 rings (SSSR count). The molecule has 1 aliphatic heterocycles. The van der Waals surface area contributed by atoms with Crippen molar-refractivity contribution in [2.24, 2.45) is 0 Å². The summed E-state index contributed by atoms with van der Waals surface area (Å²) in [5.41, 5.74) is 1.92. The number of carbonyl (C=O) groups is 1. The van der Waals surface area contributed by atoms with Crippen molar-refractivity contribution >= 4 is 23.4 Å². The van der Waals surface area contributed by atoms with Crippen molar-refractivity contribution in [2.45, 2.75) is 26.4 Å². The summed E-state index contributed by atoms with van der Waals surface area (Å²) in [4.78, 5) is 11.3. The highest BCUT2D eigenvalue weighted by Crippen LogP contribution is 2.28. The highest BCUT2D eigenvalue weighted by Gasteiger charge is 2.15. The van der Waals surface area contributed by atoms with E-state index in [-0.39, 0.29) is 12.5 Å². The summed E-state index contributed by atoms with van der Waals surface area (Å²) in [5, 5.41) is 6.30. The van der Waals surface area contributed by atoms with Gasteiger partial charge in [0.15, 0.2) is 6.61 Å². The van der Waals surface area contributed by atoms with Crippen LogP contribution in [-0.2, 0) is 11.3 Å². The zero-order valence-electron chi connectivity index (χ0n) is 11.4. The normalized spacial score (nSPS) is 15.4. The molecule has 1 atom stereocenters. The number of fused-ring (bicyclic) bond motifs is 1. The van der Waals surface area contributed by atoms with Crippen LogP contribution in [0.1, 0.15) is 19.4 Å². The maximum atomic E-state index is 11.3. The lowest BCUT2D eigenvalue weighted by Crippen LogP contribution is -2.28. The molecule has 0 saturated heterocycles. The van der Waals surface area contributed by atoms with Gasteiger partial charge in [-0.2, -0.15) is 11.8 Å². The Balaban J connectivity index is 1.91. The smallest absolute Gasteiger partial charge is 0.262 e. The van der Waals surface area contributed by atoms with Crippen LogP contribution in [0, 0.1) is 0 Å². The van der Waals surface area contributed by atoms with Gasteiger partial charge >= 0.3 is 0 Å². The number of ether oxygens (including phenoxy) is 1. The average molecular weight is 280 g/mol. The van der Waals surface area contributed by atoms with E-state index in [1.54, 1.807) is 0 Å². The van der Waals surface area contributed by atoms with Gasteiger partial charge < -0.3 is 15.4 Å². The largest absolute Gasteiger partial charge is 0.482 e. The Morgan fingerprint density at radius 3 is 3.16 bits per heavy atom. The second kappa shape index (κ2) is 6.82. The zero-order chi connectivity index (χ0) is 13.7. The molecule has 1 aromatic rings. The summed E-state index contributed by atoms with van der Waals surface area (Å²) in [6, 6.07) is 6.39. The van der Waals surface area contributed by atoms with Crippen molar-refractivity contribution in [1.82, 2.24) is 5.32 Å². The molecule has 4 nitrogen and oxygen atoms in total. The molecule has 2 N–H and O–H groups in total. The van der Waals surface area contributed by atoms with E-state index in [0.717, 1.165) is 35.1 Å². The fourth-order valence-corrected chi connectivity index (χ4v) is 2.59. The van der Waals surface area contributed by atoms with Gasteiger partial charge in [-0.1, -0.05) is 13.0 Å². The second-order valence-electron chi connectivity index (χ2n) is 4.61. The van der Waals surface area contributed by atoms with Gasteiger partial charge in [-0.05, 0) is 30.4 Å². The molecule has 1 amide bonds. The molecule has 0 fully saturated rings. The van der Waals surface area contributed by atoms with Crippen LogP contribution >= 0.6 is 11.8 Å². The number of rotatable bonds is 6. The molecule has 1 aliphatic rings. The van der Waals surface area contributed by atoms with E-state index < -0.39 is 0 Å². The fourth-order valence-electron chi connectivity index (χ4n) is 1.89. The first-order chi connectivity index (χ1) is 9.19. The van der Waals surface area contributed by atoms with Crippen molar-refractivity contribution in [3.05, 3.63) is 23.8 Å². The van der Waals surface area contributed by atoms with Crippen LogP contribution < -0.4 is 15.4 Å². The summed E-state index contributed by atoms with van der Waals surface area (Å²) in [5.74, 6) is 2.92. The number of nitrogens with one attached hydrogen (secondary N) is 2. The van der Waals surface area contributed by atoms with Crippen molar-refractivity contribution in [3.8, 4) is 5.75 Å². The van der Waals surface area contributed by atoms with E-state index in [2.05, 4.69) is 24.5 Å². The van der Waals surface area contributed by atoms with E-state index in [1.165, 1.54) is 0 Å². The Hall–Kier alpha value is -1.20. The molecular weight excluding hydrogens is 260 g/mol. The predicted octanol–water partition coefficient (Wildman–Crippen LogP) is 2.25. The average Bonchev–Trinajstić information content (AvgIpc) is 2.42. The molecule has 1 unspecified atom stereocenters. The van der Waals surface area contributed by atoms with Crippen LogP contribution in [0.5, 0.6) is 5.75 Å². The second-order valence-corrected chi connectivity index (χ2v) is 5.93. The minimum absolute atomic E-state index is 0.0923. The molecule has 0 bridgehead atoms. The Kier molecular flexibility index (Phi) is 5.10. The van der Waals surface area contributed by atoms with Crippen LogP contribution in [0.3, 0.4) is 0 Å².